The Balaban J connectivity index is 2.31. The molecule has 0 radical (unpaired) electrons. The van der Waals surface area contributed by atoms with Gasteiger partial charge in [0, 0.05) is 23.3 Å². The Morgan fingerprint density at radius 2 is 2.10 bits per heavy atom. The second-order valence-electron chi connectivity index (χ2n) is 6.69. The van der Waals surface area contributed by atoms with Crippen LogP contribution in [0.1, 0.15) is 50.9 Å². The number of amides is 1. The van der Waals surface area contributed by atoms with Crippen molar-refractivity contribution in [2.45, 2.75) is 58.2 Å². The minimum atomic E-state index is -0.289. The molecule has 0 aliphatic heterocycles. The van der Waals surface area contributed by atoms with E-state index in [0.29, 0.717) is 0 Å². The molecule has 0 spiro atoms. The van der Waals surface area contributed by atoms with E-state index in [-0.39, 0.29) is 29.6 Å². The van der Waals surface area contributed by atoms with Crippen LogP contribution in [0.2, 0.25) is 0 Å². The topological polar surface area (TPSA) is 63.1 Å². The Bertz CT molecular complexity index is 584. The van der Waals surface area contributed by atoms with E-state index in [1.54, 1.807) is 10.6 Å². The van der Waals surface area contributed by atoms with Crippen molar-refractivity contribution in [3.05, 3.63) is 33.7 Å². The molecule has 2 N–H and O–H groups in total. The third kappa shape index (κ3) is 3.73. The number of carbonyl (C=O) groups excluding carboxylic acids is 1. The van der Waals surface area contributed by atoms with E-state index in [2.05, 4.69) is 10.6 Å². The van der Waals surface area contributed by atoms with E-state index in [1.165, 1.54) is 0 Å². The molecule has 0 saturated carbocycles. The highest BCUT2D eigenvalue weighted by Gasteiger charge is 2.23. The van der Waals surface area contributed by atoms with E-state index in [0.717, 1.165) is 30.5 Å². The predicted molar refractivity (Wildman–Crippen MR) is 83.3 cm³/mol. The largest absolute Gasteiger partial charge is 0.350 e. The lowest BCUT2D eigenvalue weighted by molar-refractivity contribution is -0.123. The number of pyridine rings is 1. The summed E-state index contributed by atoms with van der Waals surface area (Å²) in [5.74, 6) is -0.121. The maximum atomic E-state index is 12.1. The van der Waals surface area contributed by atoms with Crippen LogP contribution < -0.4 is 16.2 Å². The fraction of sp³-hybridized carbons (Fsp3) is 0.625. The maximum absolute atomic E-state index is 12.1. The van der Waals surface area contributed by atoms with Crippen LogP contribution in [-0.2, 0) is 17.8 Å². The van der Waals surface area contributed by atoms with E-state index in [1.807, 2.05) is 33.9 Å². The highest BCUT2D eigenvalue weighted by molar-refractivity contribution is 5.76. The van der Waals surface area contributed by atoms with Gasteiger partial charge in [-0.05, 0) is 52.6 Å². The highest BCUT2D eigenvalue weighted by atomic mass is 16.2. The van der Waals surface area contributed by atoms with E-state index < -0.39 is 0 Å². The summed E-state index contributed by atoms with van der Waals surface area (Å²) in [6.07, 6.45) is 2.95. The zero-order valence-corrected chi connectivity index (χ0v) is 13.3. The SMILES string of the molecule is CNC1CCCc2c1ccc(=O)n2CC(=O)NC(C)(C)C. The van der Waals surface area contributed by atoms with Gasteiger partial charge in [0.05, 0.1) is 0 Å². The van der Waals surface area contributed by atoms with Crippen molar-refractivity contribution < 1.29 is 4.79 Å². The smallest absolute Gasteiger partial charge is 0.251 e. The average Bonchev–Trinajstić information content (AvgIpc) is 2.39. The number of rotatable bonds is 3. The minimum Gasteiger partial charge on any atom is -0.350 e. The molecule has 2 rings (SSSR count). The molecule has 21 heavy (non-hydrogen) atoms. The molecule has 1 aromatic heterocycles. The van der Waals surface area contributed by atoms with Crippen molar-refractivity contribution >= 4 is 5.91 Å². The minimum absolute atomic E-state index is 0.0930. The van der Waals surface area contributed by atoms with E-state index >= 15 is 0 Å². The van der Waals surface area contributed by atoms with Crippen LogP contribution in [0.3, 0.4) is 0 Å². The van der Waals surface area contributed by atoms with Crippen molar-refractivity contribution in [2.24, 2.45) is 0 Å². The first-order valence-electron chi connectivity index (χ1n) is 7.53. The molecule has 1 atom stereocenters. The molecule has 0 bridgehead atoms. The second-order valence-corrected chi connectivity index (χ2v) is 6.69. The monoisotopic (exact) mass is 291 g/mol. The fourth-order valence-corrected chi connectivity index (χ4v) is 2.94. The third-order valence-electron chi connectivity index (χ3n) is 3.78. The van der Waals surface area contributed by atoms with Crippen molar-refractivity contribution in [3.8, 4) is 0 Å². The summed E-state index contributed by atoms with van der Waals surface area (Å²) in [4.78, 5) is 24.3. The summed E-state index contributed by atoms with van der Waals surface area (Å²) in [5.41, 5.74) is 1.75. The van der Waals surface area contributed by atoms with E-state index in [4.69, 9.17) is 0 Å². The number of nitrogens with zero attached hydrogens (tertiary/aromatic N) is 1. The van der Waals surface area contributed by atoms with Gasteiger partial charge in [-0.1, -0.05) is 6.07 Å². The Morgan fingerprint density at radius 3 is 2.71 bits per heavy atom. The molecule has 1 unspecified atom stereocenters. The van der Waals surface area contributed by atoms with Gasteiger partial charge in [0.25, 0.3) is 5.56 Å². The summed E-state index contributed by atoms with van der Waals surface area (Å²) >= 11 is 0. The predicted octanol–water partition coefficient (Wildman–Crippen LogP) is 1.36. The van der Waals surface area contributed by atoms with Crippen molar-refractivity contribution in [1.82, 2.24) is 15.2 Å². The summed E-state index contributed by atoms with van der Waals surface area (Å²) in [6, 6.07) is 3.74. The van der Waals surface area contributed by atoms with Crippen LogP contribution in [0.5, 0.6) is 0 Å². The molecule has 1 aromatic rings. The number of aromatic nitrogens is 1. The lowest BCUT2D eigenvalue weighted by Gasteiger charge is -2.28. The molecule has 5 nitrogen and oxygen atoms in total. The summed E-state index contributed by atoms with van der Waals surface area (Å²) in [6.45, 7) is 5.90. The van der Waals surface area contributed by atoms with Gasteiger partial charge in [0.2, 0.25) is 5.91 Å². The van der Waals surface area contributed by atoms with Crippen LogP contribution in [-0.4, -0.2) is 23.1 Å². The van der Waals surface area contributed by atoms with Gasteiger partial charge in [-0.25, -0.2) is 0 Å². The number of hydrogen-bond acceptors (Lipinski definition) is 3. The lowest BCUT2D eigenvalue weighted by Crippen LogP contribution is -2.44. The number of nitrogens with one attached hydrogen (secondary N) is 2. The maximum Gasteiger partial charge on any atom is 0.251 e. The van der Waals surface area contributed by atoms with E-state index in [9.17, 15) is 9.59 Å². The second kappa shape index (κ2) is 6.02. The molecular formula is C16H25N3O2. The molecule has 1 aliphatic carbocycles. The van der Waals surface area contributed by atoms with Crippen LogP contribution in [0.25, 0.3) is 0 Å². The Morgan fingerprint density at radius 1 is 1.38 bits per heavy atom. The van der Waals surface area contributed by atoms with Gasteiger partial charge in [-0.2, -0.15) is 0 Å². The van der Waals surface area contributed by atoms with Gasteiger partial charge in [0.1, 0.15) is 6.54 Å². The van der Waals surface area contributed by atoms with Crippen molar-refractivity contribution in [2.75, 3.05) is 7.05 Å². The van der Waals surface area contributed by atoms with Crippen LogP contribution >= 0.6 is 0 Å². The molecule has 0 aromatic carbocycles. The Hall–Kier alpha value is -1.62. The zero-order valence-electron chi connectivity index (χ0n) is 13.3. The van der Waals surface area contributed by atoms with Gasteiger partial charge in [-0.15, -0.1) is 0 Å². The first-order chi connectivity index (χ1) is 9.81. The van der Waals surface area contributed by atoms with Crippen molar-refractivity contribution in [3.63, 3.8) is 0 Å². The molecule has 1 aliphatic rings. The van der Waals surface area contributed by atoms with Crippen LogP contribution in [0, 0.1) is 0 Å². The first kappa shape index (κ1) is 15.8. The van der Waals surface area contributed by atoms with Crippen LogP contribution in [0.4, 0.5) is 0 Å². The molecule has 1 amide bonds. The van der Waals surface area contributed by atoms with Gasteiger partial charge >= 0.3 is 0 Å². The average molecular weight is 291 g/mol. The Kier molecular flexibility index (Phi) is 4.52. The molecular weight excluding hydrogens is 266 g/mol. The highest BCUT2D eigenvalue weighted by Crippen LogP contribution is 2.28. The fourth-order valence-electron chi connectivity index (χ4n) is 2.94. The zero-order chi connectivity index (χ0) is 15.6. The summed E-state index contributed by atoms with van der Waals surface area (Å²) in [5, 5.41) is 6.19. The normalized spacial score (nSPS) is 18.2. The first-order valence-corrected chi connectivity index (χ1v) is 7.53. The molecule has 5 heteroatoms. The molecule has 116 valence electrons. The molecule has 1 heterocycles. The lowest BCUT2D eigenvalue weighted by atomic mass is 9.91. The van der Waals surface area contributed by atoms with Crippen LogP contribution in [0.15, 0.2) is 16.9 Å². The summed E-state index contributed by atoms with van der Waals surface area (Å²) < 4.78 is 1.62. The quantitative estimate of drug-likeness (QED) is 0.884. The molecule has 0 saturated heterocycles. The van der Waals surface area contributed by atoms with Crippen molar-refractivity contribution in [1.29, 1.82) is 0 Å². The van der Waals surface area contributed by atoms with Gasteiger partial charge < -0.3 is 15.2 Å². The molecule has 0 fully saturated rings. The number of hydrogen-bond donors (Lipinski definition) is 2. The summed E-state index contributed by atoms with van der Waals surface area (Å²) in [7, 11) is 1.93. The van der Waals surface area contributed by atoms with Gasteiger partial charge in [0.15, 0.2) is 0 Å². The number of carbonyl (C=O) groups is 1. The Labute approximate surface area is 125 Å². The third-order valence-corrected chi connectivity index (χ3v) is 3.78. The van der Waals surface area contributed by atoms with Gasteiger partial charge in [-0.3, -0.25) is 9.59 Å². The standard InChI is InChI=1S/C16H25N3O2/c1-16(2,3)18-14(20)10-19-13-7-5-6-12(17-4)11(13)8-9-15(19)21/h8-9,12,17H,5-7,10H2,1-4H3,(H,18,20). The number of fused-ring (bicyclic) bond motifs is 1.